The molecule has 2 atom stereocenters. The third kappa shape index (κ3) is 4.25. The predicted octanol–water partition coefficient (Wildman–Crippen LogP) is 1.10. The second-order valence-electron chi connectivity index (χ2n) is 5.93. The molecule has 8 heteroatoms. The monoisotopic (exact) mass is 343 g/mol. The molecule has 1 fully saturated rings. The number of nitrogens with two attached hydrogens (primary N) is 1. The Morgan fingerprint density at radius 1 is 1.33 bits per heavy atom. The molecule has 1 aliphatic rings. The minimum Gasteiger partial charge on any atom is -0.354 e. The highest BCUT2D eigenvalue weighted by atomic mass is 19.2. The molecule has 1 aliphatic heterocycles. The van der Waals surface area contributed by atoms with E-state index in [2.05, 4.69) is 5.32 Å². The summed E-state index contributed by atoms with van der Waals surface area (Å²) >= 11 is 0. The fourth-order valence-corrected chi connectivity index (χ4v) is 2.70. The Labute approximate surface area is 138 Å². The van der Waals surface area contributed by atoms with Crippen molar-refractivity contribution in [1.29, 1.82) is 0 Å². The zero-order valence-electron chi connectivity index (χ0n) is 13.3. The van der Waals surface area contributed by atoms with Gasteiger partial charge in [0.2, 0.25) is 11.8 Å². The van der Waals surface area contributed by atoms with Gasteiger partial charge in [0.1, 0.15) is 11.9 Å². The van der Waals surface area contributed by atoms with Crippen LogP contribution in [0.4, 0.5) is 13.2 Å². The standard InChI is InChI=1S/C16H20F3N3O2/c1-9-16(24)21-3-2-4-22(9)15(23)7-11(20)5-10-6-13(18)14(19)8-12(10)17/h6,8-9,11H,2-5,7,20H2,1H3,(H,21,24). The predicted molar refractivity (Wildman–Crippen MR) is 81.4 cm³/mol. The van der Waals surface area contributed by atoms with Gasteiger partial charge < -0.3 is 16.0 Å². The smallest absolute Gasteiger partial charge is 0.242 e. The van der Waals surface area contributed by atoms with E-state index in [0.717, 1.165) is 6.07 Å². The van der Waals surface area contributed by atoms with E-state index in [1.807, 2.05) is 0 Å². The van der Waals surface area contributed by atoms with Crippen molar-refractivity contribution in [2.45, 2.75) is 38.3 Å². The number of carbonyl (C=O) groups excluding carboxylic acids is 2. The van der Waals surface area contributed by atoms with Gasteiger partial charge in [-0.25, -0.2) is 13.2 Å². The maximum absolute atomic E-state index is 13.6. The van der Waals surface area contributed by atoms with E-state index in [9.17, 15) is 22.8 Å². The van der Waals surface area contributed by atoms with Crippen LogP contribution in [0.25, 0.3) is 0 Å². The number of halogens is 3. The first-order valence-electron chi connectivity index (χ1n) is 7.75. The number of benzene rings is 1. The van der Waals surface area contributed by atoms with Gasteiger partial charge in [0.25, 0.3) is 0 Å². The van der Waals surface area contributed by atoms with Gasteiger partial charge in [-0.05, 0) is 31.4 Å². The van der Waals surface area contributed by atoms with Crippen molar-refractivity contribution in [3.8, 4) is 0 Å². The van der Waals surface area contributed by atoms with Gasteiger partial charge in [-0.2, -0.15) is 0 Å². The van der Waals surface area contributed by atoms with Gasteiger partial charge in [-0.1, -0.05) is 0 Å². The van der Waals surface area contributed by atoms with Crippen LogP contribution >= 0.6 is 0 Å². The van der Waals surface area contributed by atoms with Crippen molar-refractivity contribution in [3.05, 3.63) is 35.1 Å². The topological polar surface area (TPSA) is 75.4 Å². The minimum atomic E-state index is -1.27. The summed E-state index contributed by atoms with van der Waals surface area (Å²) in [4.78, 5) is 25.5. The SMILES string of the molecule is CC1C(=O)NCCCN1C(=O)CC(N)Cc1cc(F)c(F)cc1F. The van der Waals surface area contributed by atoms with Gasteiger partial charge in [-0.3, -0.25) is 9.59 Å². The van der Waals surface area contributed by atoms with Gasteiger partial charge in [0.15, 0.2) is 11.6 Å². The molecule has 0 radical (unpaired) electrons. The highest BCUT2D eigenvalue weighted by Gasteiger charge is 2.28. The Balaban J connectivity index is 2.01. The van der Waals surface area contributed by atoms with Gasteiger partial charge >= 0.3 is 0 Å². The van der Waals surface area contributed by atoms with E-state index in [-0.39, 0.29) is 30.2 Å². The third-order valence-corrected chi connectivity index (χ3v) is 4.05. The largest absolute Gasteiger partial charge is 0.354 e. The lowest BCUT2D eigenvalue weighted by Gasteiger charge is -2.26. The second kappa shape index (κ2) is 7.65. The maximum atomic E-state index is 13.6. The van der Waals surface area contributed by atoms with Crippen molar-refractivity contribution < 1.29 is 22.8 Å². The molecule has 1 heterocycles. The number of amides is 2. The van der Waals surface area contributed by atoms with Crippen molar-refractivity contribution in [2.75, 3.05) is 13.1 Å². The van der Waals surface area contributed by atoms with Crippen LogP contribution in [0.1, 0.15) is 25.3 Å². The highest BCUT2D eigenvalue weighted by molar-refractivity contribution is 5.87. The van der Waals surface area contributed by atoms with Crippen LogP contribution in [-0.2, 0) is 16.0 Å². The van der Waals surface area contributed by atoms with Crippen LogP contribution in [0.15, 0.2) is 12.1 Å². The zero-order chi connectivity index (χ0) is 17.9. The zero-order valence-corrected chi connectivity index (χ0v) is 13.3. The molecule has 0 saturated carbocycles. The molecule has 2 unspecified atom stereocenters. The first-order valence-corrected chi connectivity index (χ1v) is 7.75. The van der Waals surface area contributed by atoms with Crippen LogP contribution in [0, 0.1) is 17.5 Å². The summed E-state index contributed by atoms with van der Waals surface area (Å²) in [5.74, 6) is -3.90. The molecule has 1 aromatic carbocycles. The first kappa shape index (κ1) is 18.3. The van der Waals surface area contributed by atoms with Crippen LogP contribution < -0.4 is 11.1 Å². The lowest BCUT2D eigenvalue weighted by molar-refractivity contribution is -0.139. The van der Waals surface area contributed by atoms with E-state index < -0.39 is 29.5 Å². The average molecular weight is 343 g/mol. The van der Waals surface area contributed by atoms with E-state index in [0.29, 0.717) is 25.6 Å². The Hall–Kier alpha value is -2.09. The van der Waals surface area contributed by atoms with Gasteiger partial charge in [0, 0.05) is 31.6 Å². The molecule has 5 nitrogen and oxygen atoms in total. The fourth-order valence-electron chi connectivity index (χ4n) is 2.70. The van der Waals surface area contributed by atoms with Crippen molar-refractivity contribution >= 4 is 11.8 Å². The van der Waals surface area contributed by atoms with Crippen molar-refractivity contribution in [3.63, 3.8) is 0 Å². The number of rotatable bonds is 4. The average Bonchev–Trinajstić information content (AvgIpc) is 2.67. The van der Waals surface area contributed by atoms with E-state index in [1.165, 1.54) is 4.90 Å². The summed E-state index contributed by atoms with van der Waals surface area (Å²) in [7, 11) is 0. The van der Waals surface area contributed by atoms with E-state index in [4.69, 9.17) is 5.73 Å². The summed E-state index contributed by atoms with van der Waals surface area (Å²) in [6.45, 7) is 2.54. The Kier molecular flexibility index (Phi) is 5.82. The summed E-state index contributed by atoms with van der Waals surface area (Å²) in [5.41, 5.74) is 5.77. The Bertz CT molecular complexity index is 639. The molecular weight excluding hydrogens is 323 g/mol. The third-order valence-electron chi connectivity index (χ3n) is 4.05. The molecule has 0 aliphatic carbocycles. The van der Waals surface area contributed by atoms with Gasteiger partial charge in [-0.15, -0.1) is 0 Å². The molecular formula is C16H20F3N3O2. The van der Waals surface area contributed by atoms with Crippen LogP contribution in [-0.4, -0.2) is 41.9 Å². The number of hydrogen-bond donors (Lipinski definition) is 2. The normalized spacial score (nSPS) is 19.6. The molecule has 2 amide bonds. The van der Waals surface area contributed by atoms with Crippen LogP contribution in [0.2, 0.25) is 0 Å². The maximum Gasteiger partial charge on any atom is 0.242 e. The van der Waals surface area contributed by atoms with Crippen LogP contribution in [0.3, 0.4) is 0 Å². The summed E-state index contributed by atoms with van der Waals surface area (Å²) < 4.78 is 39.8. The minimum absolute atomic E-state index is 0.0872. The Morgan fingerprint density at radius 3 is 2.71 bits per heavy atom. The molecule has 1 saturated heterocycles. The Morgan fingerprint density at radius 2 is 2.00 bits per heavy atom. The number of hydrogen-bond acceptors (Lipinski definition) is 3. The molecule has 24 heavy (non-hydrogen) atoms. The quantitative estimate of drug-likeness (QED) is 0.804. The molecule has 3 N–H and O–H groups in total. The summed E-state index contributed by atoms with van der Waals surface area (Å²) in [6.07, 6.45) is 0.411. The first-order chi connectivity index (χ1) is 11.3. The summed E-state index contributed by atoms with van der Waals surface area (Å²) in [5, 5.41) is 2.70. The highest BCUT2D eigenvalue weighted by Crippen LogP contribution is 2.16. The molecule has 132 valence electrons. The molecule has 1 aromatic rings. The molecule has 0 spiro atoms. The number of nitrogens with zero attached hydrogens (tertiary/aromatic N) is 1. The molecule has 0 bridgehead atoms. The van der Waals surface area contributed by atoms with Crippen molar-refractivity contribution in [2.24, 2.45) is 5.73 Å². The lowest BCUT2D eigenvalue weighted by Crippen LogP contribution is -2.46. The van der Waals surface area contributed by atoms with Crippen LogP contribution in [0.5, 0.6) is 0 Å². The summed E-state index contributed by atoms with van der Waals surface area (Å²) in [6, 6.07) is -0.167. The number of nitrogens with one attached hydrogen (secondary N) is 1. The van der Waals surface area contributed by atoms with E-state index >= 15 is 0 Å². The second-order valence-corrected chi connectivity index (χ2v) is 5.93. The van der Waals surface area contributed by atoms with Gasteiger partial charge in [0.05, 0.1) is 0 Å². The molecule has 0 aromatic heterocycles. The fraction of sp³-hybridized carbons (Fsp3) is 0.500. The van der Waals surface area contributed by atoms with E-state index in [1.54, 1.807) is 6.92 Å². The molecule has 2 rings (SSSR count). The van der Waals surface area contributed by atoms with Crippen molar-refractivity contribution in [1.82, 2.24) is 10.2 Å². The number of carbonyl (C=O) groups is 2. The lowest BCUT2D eigenvalue weighted by atomic mass is 10.0.